The standard InChI is InChI=1S/C16H15Cl2N3/c1-2-21-14-7-6-10(9-19)8-13(14)20-16(21)15-11(17)4-3-5-12(15)18/h3-8H,2,9,19H2,1H3. The van der Waals surface area contributed by atoms with E-state index in [1.54, 1.807) is 0 Å². The summed E-state index contributed by atoms with van der Waals surface area (Å²) in [5, 5.41) is 1.21. The van der Waals surface area contributed by atoms with Gasteiger partial charge in [-0.05, 0) is 36.8 Å². The molecule has 0 spiro atoms. The van der Waals surface area contributed by atoms with Gasteiger partial charge in [0.05, 0.1) is 26.6 Å². The van der Waals surface area contributed by atoms with E-state index in [2.05, 4.69) is 11.5 Å². The summed E-state index contributed by atoms with van der Waals surface area (Å²) < 4.78 is 2.11. The molecule has 1 aromatic heterocycles. The average molecular weight is 320 g/mol. The van der Waals surface area contributed by atoms with Crippen molar-refractivity contribution < 1.29 is 0 Å². The van der Waals surface area contributed by atoms with Crippen LogP contribution in [0.4, 0.5) is 0 Å². The van der Waals surface area contributed by atoms with Crippen LogP contribution in [0.1, 0.15) is 12.5 Å². The fourth-order valence-corrected chi connectivity index (χ4v) is 3.09. The summed E-state index contributed by atoms with van der Waals surface area (Å²) >= 11 is 12.6. The highest BCUT2D eigenvalue weighted by molar-refractivity contribution is 6.39. The average Bonchev–Trinajstić information content (AvgIpc) is 2.84. The van der Waals surface area contributed by atoms with Crippen molar-refractivity contribution in [1.82, 2.24) is 9.55 Å². The Labute approximate surface area is 133 Å². The van der Waals surface area contributed by atoms with E-state index >= 15 is 0 Å². The fraction of sp³-hybridized carbons (Fsp3) is 0.188. The molecule has 0 radical (unpaired) electrons. The predicted octanol–water partition coefficient (Wildman–Crippen LogP) is 4.49. The van der Waals surface area contributed by atoms with Crippen LogP contribution in [0, 0.1) is 0 Å². The van der Waals surface area contributed by atoms with Crippen molar-refractivity contribution in [3.63, 3.8) is 0 Å². The normalized spacial score (nSPS) is 11.2. The highest BCUT2D eigenvalue weighted by Gasteiger charge is 2.17. The van der Waals surface area contributed by atoms with Gasteiger partial charge in [0.1, 0.15) is 5.82 Å². The largest absolute Gasteiger partial charge is 0.326 e. The molecule has 0 unspecified atom stereocenters. The molecule has 0 saturated heterocycles. The molecule has 0 aliphatic carbocycles. The van der Waals surface area contributed by atoms with E-state index in [4.69, 9.17) is 33.9 Å². The highest BCUT2D eigenvalue weighted by atomic mass is 35.5. The van der Waals surface area contributed by atoms with Crippen LogP contribution in [0.25, 0.3) is 22.4 Å². The Bertz CT molecular complexity index is 788. The molecule has 0 atom stereocenters. The second-order valence-electron chi connectivity index (χ2n) is 4.80. The smallest absolute Gasteiger partial charge is 0.144 e. The van der Waals surface area contributed by atoms with Gasteiger partial charge in [-0.25, -0.2) is 4.98 Å². The van der Waals surface area contributed by atoms with E-state index in [9.17, 15) is 0 Å². The van der Waals surface area contributed by atoms with Gasteiger partial charge in [-0.15, -0.1) is 0 Å². The predicted molar refractivity (Wildman–Crippen MR) is 88.8 cm³/mol. The van der Waals surface area contributed by atoms with Crippen molar-refractivity contribution >= 4 is 34.2 Å². The summed E-state index contributed by atoms with van der Waals surface area (Å²) in [5.41, 5.74) is 9.49. The van der Waals surface area contributed by atoms with E-state index in [0.717, 1.165) is 34.5 Å². The summed E-state index contributed by atoms with van der Waals surface area (Å²) in [7, 11) is 0. The van der Waals surface area contributed by atoms with E-state index < -0.39 is 0 Å². The highest BCUT2D eigenvalue weighted by Crippen LogP contribution is 2.35. The van der Waals surface area contributed by atoms with Crippen LogP contribution < -0.4 is 5.73 Å². The molecular weight excluding hydrogens is 305 g/mol. The van der Waals surface area contributed by atoms with Crippen molar-refractivity contribution in [2.45, 2.75) is 20.0 Å². The molecular formula is C16H15Cl2N3. The molecule has 2 aromatic carbocycles. The van der Waals surface area contributed by atoms with E-state index in [1.807, 2.05) is 36.4 Å². The maximum absolute atomic E-state index is 6.32. The molecule has 0 aliphatic rings. The minimum Gasteiger partial charge on any atom is -0.326 e. The molecule has 0 fully saturated rings. The molecule has 0 aliphatic heterocycles. The number of imidazole rings is 1. The number of fused-ring (bicyclic) bond motifs is 1. The Morgan fingerprint density at radius 1 is 1.14 bits per heavy atom. The molecule has 3 nitrogen and oxygen atoms in total. The third kappa shape index (κ3) is 2.42. The molecule has 0 amide bonds. The Kier molecular flexibility index (Phi) is 3.89. The summed E-state index contributed by atoms with van der Waals surface area (Å²) in [6.07, 6.45) is 0. The molecule has 108 valence electrons. The molecule has 0 bridgehead atoms. The van der Waals surface area contributed by atoms with Crippen molar-refractivity contribution in [2.24, 2.45) is 5.73 Å². The van der Waals surface area contributed by atoms with E-state index in [0.29, 0.717) is 16.6 Å². The summed E-state index contributed by atoms with van der Waals surface area (Å²) in [6, 6.07) is 11.6. The maximum Gasteiger partial charge on any atom is 0.144 e. The Balaban J connectivity index is 2.32. The summed E-state index contributed by atoms with van der Waals surface area (Å²) in [5.74, 6) is 0.789. The number of hydrogen-bond donors (Lipinski definition) is 1. The molecule has 3 aromatic rings. The first-order valence-corrected chi connectivity index (χ1v) is 7.55. The number of benzene rings is 2. The van der Waals surface area contributed by atoms with Gasteiger partial charge in [-0.1, -0.05) is 35.3 Å². The van der Waals surface area contributed by atoms with Crippen LogP contribution in [-0.2, 0) is 13.1 Å². The van der Waals surface area contributed by atoms with Crippen molar-refractivity contribution in [2.75, 3.05) is 0 Å². The quantitative estimate of drug-likeness (QED) is 0.773. The molecule has 5 heteroatoms. The van der Waals surface area contributed by atoms with Gasteiger partial charge in [0.15, 0.2) is 0 Å². The van der Waals surface area contributed by atoms with Crippen molar-refractivity contribution in [3.8, 4) is 11.4 Å². The number of hydrogen-bond acceptors (Lipinski definition) is 2. The van der Waals surface area contributed by atoms with Gasteiger partial charge < -0.3 is 10.3 Å². The lowest BCUT2D eigenvalue weighted by molar-refractivity contribution is 0.796. The lowest BCUT2D eigenvalue weighted by Gasteiger charge is -2.09. The Morgan fingerprint density at radius 2 is 1.86 bits per heavy atom. The monoisotopic (exact) mass is 319 g/mol. The summed E-state index contributed by atoms with van der Waals surface area (Å²) in [6.45, 7) is 3.36. The van der Waals surface area contributed by atoms with Crippen LogP contribution in [-0.4, -0.2) is 9.55 Å². The molecule has 2 N–H and O–H groups in total. The zero-order valence-electron chi connectivity index (χ0n) is 11.6. The first kappa shape index (κ1) is 14.4. The zero-order chi connectivity index (χ0) is 15.0. The summed E-state index contributed by atoms with van der Waals surface area (Å²) in [4.78, 5) is 4.72. The minimum absolute atomic E-state index is 0.497. The third-order valence-electron chi connectivity index (χ3n) is 3.55. The molecule has 3 rings (SSSR count). The lowest BCUT2D eigenvalue weighted by Crippen LogP contribution is -1.99. The van der Waals surface area contributed by atoms with Crippen LogP contribution >= 0.6 is 23.2 Å². The Morgan fingerprint density at radius 3 is 2.48 bits per heavy atom. The molecule has 1 heterocycles. The van der Waals surface area contributed by atoms with E-state index in [1.165, 1.54) is 0 Å². The van der Waals surface area contributed by atoms with Crippen LogP contribution in [0.2, 0.25) is 10.0 Å². The molecule has 0 saturated carbocycles. The minimum atomic E-state index is 0.497. The fourth-order valence-electron chi connectivity index (χ4n) is 2.52. The van der Waals surface area contributed by atoms with E-state index in [-0.39, 0.29) is 0 Å². The number of nitrogens with two attached hydrogens (primary N) is 1. The molecule has 21 heavy (non-hydrogen) atoms. The zero-order valence-corrected chi connectivity index (χ0v) is 13.1. The van der Waals surface area contributed by atoms with Gasteiger partial charge in [-0.2, -0.15) is 0 Å². The van der Waals surface area contributed by atoms with Crippen LogP contribution in [0.5, 0.6) is 0 Å². The first-order valence-electron chi connectivity index (χ1n) is 6.79. The van der Waals surface area contributed by atoms with Gasteiger partial charge in [0.2, 0.25) is 0 Å². The van der Waals surface area contributed by atoms with Gasteiger partial charge >= 0.3 is 0 Å². The lowest BCUT2D eigenvalue weighted by atomic mass is 10.2. The van der Waals surface area contributed by atoms with Gasteiger partial charge in [-0.3, -0.25) is 0 Å². The SMILES string of the molecule is CCn1c(-c2c(Cl)cccc2Cl)nc2cc(CN)ccc21. The third-order valence-corrected chi connectivity index (χ3v) is 4.18. The van der Waals surface area contributed by atoms with Crippen LogP contribution in [0.3, 0.4) is 0 Å². The maximum atomic E-state index is 6.32. The number of aromatic nitrogens is 2. The first-order chi connectivity index (χ1) is 10.2. The topological polar surface area (TPSA) is 43.8 Å². The second-order valence-corrected chi connectivity index (χ2v) is 5.62. The second kappa shape index (κ2) is 5.68. The number of halogens is 2. The van der Waals surface area contributed by atoms with Crippen LogP contribution in [0.15, 0.2) is 36.4 Å². The Hall–Kier alpha value is -1.55. The van der Waals surface area contributed by atoms with Crippen molar-refractivity contribution in [3.05, 3.63) is 52.0 Å². The number of nitrogens with zero attached hydrogens (tertiary/aromatic N) is 2. The number of rotatable bonds is 3. The van der Waals surface area contributed by atoms with Gasteiger partial charge in [0, 0.05) is 13.1 Å². The van der Waals surface area contributed by atoms with Crippen molar-refractivity contribution in [1.29, 1.82) is 0 Å². The van der Waals surface area contributed by atoms with Gasteiger partial charge in [0.25, 0.3) is 0 Å². The number of aryl methyl sites for hydroxylation is 1.